The van der Waals surface area contributed by atoms with E-state index < -0.39 is 97.5 Å². The Bertz CT molecular complexity index is 1940. The summed E-state index contributed by atoms with van der Waals surface area (Å²) in [5.74, 6) is 0.929. The number of rotatable bonds is 77. The van der Waals surface area contributed by atoms with Crippen LogP contribution in [0.3, 0.4) is 0 Å². The van der Waals surface area contributed by atoms with Gasteiger partial charge in [-0.05, 0) is 49.4 Å². The zero-order chi connectivity index (χ0) is 73.1. The maximum Gasteiger partial charge on any atom is 0.472 e. The fourth-order valence-corrected chi connectivity index (χ4v) is 13.8. The SMILES string of the molecule is CC(C)CCCCCCCCCCCCCCCCCCC(=O)OC[C@H](COP(=O)(O)OC[C@@H](O)COP(=O)(O)OC[C@@H](COC(=O)CCCCCCCCC(C)C)OC(=O)CCCCCCCCCCCCC(C)C)OC(=O)CCCCCCCCCCCCCCCCCC(C)C. The van der Waals surface area contributed by atoms with Crippen LogP contribution in [0.1, 0.15) is 409 Å². The predicted octanol–water partition coefficient (Wildman–Crippen LogP) is 23.6. The van der Waals surface area contributed by atoms with E-state index >= 15 is 0 Å². The van der Waals surface area contributed by atoms with Gasteiger partial charge in [-0.3, -0.25) is 37.3 Å². The lowest BCUT2D eigenvalue weighted by Crippen LogP contribution is -2.30. The first kappa shape index (κ1) is 97.1. The molecule has 588 valence electrons. The molecule has 2 unspecified atom stereocenters. The number of unbranched alkanes of at least 4 members (excludes halogenated alkanes) is 43. The minimum absolute atomic E-state index is 0.105. The summed E-state index contributed by atoms with van der Waals surface area (Å²) in [6.45, 7) is 14.2. The van der Waals surface area contributed by atoms with Gasteiger partial charge in [0.05, 0.1) is 26.4 Å². The van der Waals surface area contributed by atoms with Crippen LogP contribution in [0, 0.1) is 23.7 Å². The second kappa shape index (κ2) is 69.1. The van der Waals surface area contributed by atoms with Gasteiger partial charge in [0.2, 0.25) is 0 Å². The van der Waals surface area contributed by atoms with Gasteiger partial charge in [-0.25, -0.2) is 9.13 Å². The average Bonchev–Trinajstić information content (AvgIpc) is 1.07. The summed E-state index contributed by atoms with van der Waals surface area (Å²) in [5.41, 5.74) is 0. The summed E-state index contributed by atoms with van der Waals surface area (Å²) < 4.78 is 68.6. The molecule has 0 heterocycles. The van der Waals surface area contributed by atoms with Gasteiger partial charge in [0.25, 0.3) is 0 Å². The van der Waals surface area contributed by atoms with Crippen LogP contribution < -0.4 is 0 Å². The summed E-state index contributed by atoms with van der Waals surface area (Å²) in [5, 5.41) is 10.6. The Balaban J connectivity index is 5.22. The molecule has 99 heavy (non-hydrogen) atoms. The van der Waals surface area contributed by atoms with Gasteiger partial charge < -0.3 is 33.8 Å². The third-order valence-corrected chi connectivity index (χ3v) is 20.5. The highest BCUT2D eigenvalue weighted by molar-refractivity contribution is 7.47. The average molecular weight is 1450 g/mol. The highest BCUT2D eigenvalue weighted by Crippen LogP contribution is 2.45. The van der Waals surface area contributed by atoms with Crippen LogP contribution in [0.5, 0.6) is 0 Å². The number of carbonyl (C=O) groups is 4. The van der Waals surface area contributed by atoms with E-state index in [4.69, 9.17) is 37.0 Å². The first-order chi connectivity index (χ1) is 47.6. The van der Waals surface area contributed by atoms with E-state index in [0.717, 1.165) is 114 Å². The van der Waals surface area contributed by atoms with E-state index in [1.54, 1.807) is 0 Å². The Morgan fingerprint density at radius 2 is 0.424 bits per heavy atom. The van der Waals surface area contributed by atoms with Crippen molar-refractivity contribution >= 4 is 39.5 Å². The van der Waals surface area contributed by atoms with Crippen molar-refractivity contribution in [2.45, 2.75) is 427 Å². The molecule has 19 heteroatoms. The molecule has 0 radical (unpaired) electrons. The number of phosphoric acid groups is 2. The van der Waals surface area contributed by atoms with Crippen molar-refractivity contribution in [3.05, 3.63) is 0 Å². The predicted molar refractivity (Wildman–Crippen MR) is 404 cm³/mol. The zero-order valence-corrected chi connectivity index (χ0v) is 66.9. The fraction of sp³-hybridized carbons (Fsp3) is 0.950. The van der Waals surface area contributed by atoms with Gasteiger partial charge in [-0.15, -0.1) is 0 Å². The third kappa shape index (κ3) is 74.1. The van der Waals surface area contributed by atoms with Crippen LogP contribution in [-0.2, 0) is 65.4 Å². The number of aliphatic hydroxyl groups is 1. The van der Waals surface area contributed by atoms with Crippen LogP contribution in [0.15, 0.2) is 0 Å². The molecule has 3 N–H and O–H groups in total. The van der Waals surface area contributed by atoms with E-state index in [-0.39, 0.29) is 25.7 Å². The van der Waals surface area contributed by atoms with Crippen LogP contribution in [0.2, 0.25) is 0 Å². The Morgan fingerprint density at radius 3 is 0.626 bits per heavy atom. The Labute approximate surface area is 607 Å². The van der Waals surface area contributed by atoms with Crippen LogP contribution in [0.25, 0.3) is 0 Å². The zero-order valence-electron chi connectivity index (χ0n) is 65.1. The molecule has 0 bridgehead atoms. The van der Waals surface area contributed by atoms with Crippen molar-refractivity contribution in [3.63, 3.8) is 0 Å². The monoisotopic (exact) mass is 1450 g/mol. The van der Waals surface area contributed by atoms with Crippen molar-refractivity contribution in [1.29, 1.82) is 0 Å². The van der Waals surface area contributed by atoms with Gasteiger partial charge >= 0.3 is 39.5 Å². The third-order valence-electron chi connectivity index (χ3n) is 18.6. The molecule has 0 spiro atoms. The number of carbonyl (C=O) groups excluding carboxylic acids is 4. The van der Waals surface area contributed by atoms with Crippen LogP contribution in [-0.4, -0.2) is 96.7 Å². The quantitative estimate of drug-likeness (QED) is 0.0222. The molecule has 0 aliphatic carbocycles. The summed E-state index contributed by atoms with van der Waals surface area (Å²) in [6, 6.07) is 0. The fourth-order valence-electron chi connectivity index (χ4n) is 12.3. The topological polar surface area (TPSA) is 237 Å². The lowest BCUT2D eigenvalue weighted by atomic mass is 10.0. The van der Waals surface area contributed by atoms with Gasteiger partial charge in [-0.2, -0.15) is 0 Å². The highest BCUT2D eigenvalue weighted by Gasteiger charge is 2.30. The van der Waals surface area contributed by atoms with Crippen molar-refractivity contribution in [3.8, 4) is 0 Å². The molecule has 0 aromatic rings. The molecule has 0 aromatic heterocycles. The molecule has 0 saturated heterocycles. The number of esters is 4. The summed E-state index contributed by atoms with van der Waals surface area (Å²) in [7, 11) is -9.92. The molecular weight excluding hydrogens is 1290 g/mol. The normalized spacial score (nSPS) is 14.1. The molecule has 0 aliphatic heterocycles. The summed E-state index contributed by atoms with van der Waals surface area (Å²) >= 11 is 0. The second-order valence-corrected chi connectivity index (χ2v) is 33.6. The summed E-state index contributed by atoms with van der Waals surface area (Å²) in [4.78, 5) is 72.9. The highest BCUT2D eigenvalue weighted by atomic mass is 31.2. The first-order valence-corrected chi connectivity index (χ1v) is 44.2. The molecule has 17 nitrogen and oxygen atoms in total. The van der Waals surface area contributed by atoms with Crippen molar-refractivity contribution in [2.75, 3.05) is 39.6 Å². The van der Waals surface area contributed by atoms with Gasteiger partial charge in [0.1, 0.15) is 19.3 Å². The number of hydrogen-bond acceptors (Lipinski definition) is 15. The lowest BCUT2D eigenvalue weighted by molar-refractivity contribution is -0.161. The van der Waals surface area contributed by atoms with E-state index in [1.165, 1.54) is 205 Å². The maximum absolute atomic E-state index is 13.1. The molecule has 0 amide bonds. The molecular formula is C80H156O17P2. The number of ether oxygens (including phenoxy) is 4. The molecule has 0 aromatic carbocycles. The smallest absolute Gasteiger partial charge is 0.462 e. The standard InChI is InChI=1S/C80H156O17P2/c1-70(2)56-48-40-32-26-20-16-12-9-10-14-18-22-29-35-44-52-60-77(82)90-66-75(96-79(84)62-54-46-36-30-23-19-15-11-13-17-21-27-33-41-49-57-71(3)4)68-94-98(86,87)92-64-74(81)65-93-99(88,89)95-69-76(67-91-78(83)61-53-45-39-38-43-51-59-73(7)8)97-80(85)63-55-47-37-31-25-24-28-34-42-50-58-72(5)6/h70-76,81H,9-69H2,1-8H3,(H,86,87)(H,88,89)/t74-,75-,76-/m1/s1. The van der Waals surface area contributed by atoms with Crippen molar-refractivity contribution < 1.29 is 80.2 Å². The van der Waals surface area contributed by atoms with Crippen LogP contribution >= 0.6 is 15.6 Å². The molecule has 0 fully saturated rings. The van der Waals surface area contributed by atoms with E-state index in [9.17, 15) is 43.2 Å². The second-order valence-electron chi connectivity index (χ2n) is 30.7. The van der Waals surface area contributed by atoms with E-state index in [0.29, 0.717) is 31.6 Å². The minimum atomic E-state index is -4.96. The summed E-state index contributed by atoms with van der Waals surface area (Å²) in [6.07, 6.45) is 55.7. The number of aliphatic hydroxyl groups excluding tert-OH is 1. The van der Waals surface area contributed by atoms with Gasteiger partial charge in [0, 0.05) is 25.7 Å². The van der Waals surface area contributed by atoms with E-state index in [1.807, 2.05) is 0 Å². The number of hydrogen-bond donors (Lipinski definition) is 3. The maximum atomic E-state index is 13.1. The molecule has 0 saturated carbocycles. The van der Waals surface area contributed by atoms with E-state index in [2.05, 4.69) is 55.4 Å². The van der Waals surface area contributed by atoms with Gasteiger partial charge in [0.15, 0.2) is 12.2 Å². The molecule has 0 rings (SSSR count). The Morgan fingerprint density at radius 1 is 0.253 bits per heavy atom. The Kier molecular flexibility index (Phi) is 67.8. The molecule has 5 atom stereocenters. The van der Waals surface area contributed by atoms with Crippen LogP contribution in [0.4, 0.5) is 0 Å². The van der Waals surface area contributed by atoms with Gasteiger partial charge in [-0.1, -0.05) is 357 Å². The lowest BCUT2D eigenvalue weighted by Gasteiger charge is -2.21. The van der Waals surface area contributed by atoms with Crippen molar-refractivity contribution in [2.24, 2.45) is 23.7 Å². The Hall–Kier alpha value is -1.94. The van der Waals surface area contributed by atoms with Crippen molar-refractivity contribution in [1.82, 2.24) is 0 Å². The molecule has 0 aliphatic rings. The minimum Gasteiger partial charge on any atom is -0.462 e. The first-order valence-electron chi connectivity index (χ1n) is 41.2. The largest absolute Gasteiger partial charge is 0.472 e. The number of phosphoric ester groups is 2.